The normalized spacial score (nSPS) is 10.7. The molecule has 2 aromatic carbocycles. The SMILES string of the molecule is Nc1ccc(-c2nc(-c3ccccc3Cl)no2)cc1Cl. The summed E-state index contributed by atoms with van der Waals surface area (Å²) in [6, 6.07) is 12.4. The predicted molar refractivity (Wildman–Crippen MR) is 79.6 cm³/mol. The van der Waals surface area contributed by atoms with Gasteiger partial charge in [-0.3, -0.25) is 0 Å². The van der Waals surface area contributed by atoms with Gasteiger partial charge in [-0.25, -0.2) is 0 Å². The third-order valence-electron chi connectivity index (χ3n) is 2.79. The van der Waals surface area contributed by atoms with Gasteiger partial charge in [-0.05, 0) is 30.3 Å². The van der Waals surface area contributed by atoms with Gasteiger partial charge in [0.05, 0.1) is 15.7 Å². The van der Waals surface area contributed by atoms with Crippen LogP contribution in [0.1, 0.15) is 0 Å². The second kappa shape index (κ2) is 5.15. The standard InChI is InChI=1S/C14H9Cl2N3O/c15-10-4-2-1-3-9(10)13-18-14(20-19-13)8-5-6-12(17)11(16)7-8/h1-7H,17H2. The van der Waals surface area contributed by atoms with E-state index >= 15 is 0 Å². The zero-order valence-electron chi connectivity index (χ0n) is 10.2. The Hall–Kier alpha value is -2.04. The molecule has 0 spiro atoms. The van der Waals surface area contributed by atoms with Crippen LogP contribution in [0.2, 0.25) is 10.0 Å². The van der Waals surface area contributed by atoms with E-state index in [4.69, 9.17) is 33.5 Å². The highest BCUT2D eigenvalue weighted by Gasteiger charge is 2.13. The van der Waals surface area contributed by atoms with Crippen LogP contribution in [0.25, 0.3) is 22.8 Å². The van der Waals surface area contributed by atoms with Crippen molar-refractivity contribution in [2.24, 2.45) is 0 Å². The van der Waals surface area contributed by atoms with Crippen LogP contribution in [0, 0.1) is 0 Å². The van der Waals surface area contributed by atoms with Crippen molar-refractivity contribution in [3.8, 4) is 22.8 Å². The summed E-state index contributed by atoms with van der Waals surface area (Å²) in [5.41, 5.74) is 7.59. The topological polar surface area (TPSA) is 64.9 Å². The Morgan fingerprint density at radius 3 is 2.55 bits per heavy atom. The first kappa shape index (κ1) is 13.0. The number of aromatic nitrogens is 2. The maximum atomic E-state index is 6.10. The second-order valence-corrected chi connectivity index (χ2v) is 4.95. The highest BCUT2D eigenvalue weighted by atomic mass is 35.5. The lowest BCUT2D eigenvalue weighted by molar-refractivity contribution is 0.432. The zero-order valence-corrected chi connectivity index (χ0v) is 11.7. The molecule has 0 fully saturated rings. The molecule has 6 heteroatoms. The predicted octanol–water partition coefficient (Wildman–Crippen LogP) is 4.29. The summed E-state index contributed by atoms with van der Waals surface area (Å²) >= 11 is 12.1. The van der Waals surface area contributed by atoms with Gasteiger partial charge in [-0.2, -0.15) is 4.98 Å². The van der Waals surface area contributed by atoms with E-state index < -0.39 is 0 Å². The Kier molecular flexibility index (Phi) is 3.34. The number of hydrogen-bond acceptors (Lipinski definition) is 4. The summed E-state index contributed by atoms with van der Waals surface area (Å²) in [4.78, 5) is 4.32. The second-order valence-electron chi connectivity index (χ2n) is 4.14. The number of anilines is 1. The van der Waals surface area contributed by atoms with Crippen LogP contribution >= 0.6 is 23.2 Å². The largest absolute Gasteiger partial charge is 0.398 e. The van der Waals surface area contributed by atoms with Crippen LogP contribution in [0.4, 0.5) is 5.69 Å². The van der Waals surface area contributed by atoms with Crippen molar-refractivity contribution < 1.29 is 4.52 Å². The number of nitrogens with two attached hydrogens (primary N) is 1. The van der Waals surface area contributed by atoms with Crippen molar-refractivity contribution in [2.45, 2.75) is 0 Å². The van der Waals surface area contributed by atoms with Crippen molar-refractivity contribution in [1.82, 2.24) is 10.1 Å². The lowest BCUT2D eigenvalue weighted by atomic mass is 10.2. The summed E-state index contributed by atoms with van der Waals surface area (Å²) in [6.45, 7) is 0. The maximum Gasteiger partial charge on any atom is 0.258 e. The molecule has 0 atom stereocenters. The van der Waals surface area contributed by atoms with Crippen molar-refractivity contribution in [3.05, 3.63) is 52.5 Å². The molecule has 3 aromatic rings. The molecule has 2 N–H and O–H groups in total. The third-order valence-corrected chi connectivity index (χ3v) is 3.45. The number of nitrogen functional groups attached to an aromatic ring is 1. The summed E-state index contributed by atoms with van der Waals surface area (Å²) < 4.78 is 5.24. The Morgan fingerprint density at radius 2 is 1.80 bits per heavy atom. The monoisotopic (exact) mass is 305 g/mol. The quantitative estimate of drug-likeness (QED) is 0.717. The molecule has 3 rings (SSSR count). The van der Waals surface area contributed by atoms with Gasteiger partial charge in [-0.15, -0.1) is 0 Å². The Labute approximate surface area is 125 Å². The Balaban J connectivity index is 2.02. The number of halogens is 2. The van der Waals surface area contributed by atoms with E-state index in [1.54, 1.807) is 24.3 Å². The van der Waals surface area contributed by atoms with Crippen LogP contribution < -0.4 is 5.73 Å². The minimum atomic E-state index is 0.363. The fraction of sp³-hybridized carbons (Fsp3) is 0. The number of hydrogen-bond donors (Lipinski definition) is 1. The molecule has 0 bridgehead atoms. The van der Waals surface area contributed by atoms with Gasteiger partial charge in [-0.1, -0.05) is 40.5 Å². The molecule has 100 valence electrons. The van der Waals surface area contributed by atoms with Gasteiger partial charge in [0.15, 0.2) is 0 Å². The van der Waals surface area contributed by atoms with Crippen LogP contribution in [0.3, 0.4) is 0 Å². The highest BCUT2D eigenvalue weighted by Crippen LogP contribution is 2.29. The summed E-state index contributed by atoms with van der Waals surface area (Å²) in [6.07, 6.45) is 0. The molecule has 0 aliphatic carbocycles. The first-order chi connectivity index (χ1) is 9.65. The third kappa shape index (κ3) is 2.35. The first-order valence-electron chi connectivity index (χ1n) is 5.79. The van der Waals surface area contributed by atoms with E-state index in [2.05, 4.69) is 10.1 Å². The number of rotatable bonds is 2. The van der Waals surface area contributed by atoms with E-state index in [0.29, 0.717) is 38.6 Å². The molecule has 0 saturated heterocycles. The van der Waals surface area contributed by atoms with Gasteiger partial charge in [0.1, 0.15) is 0 Å². The molecule has 0 saturated carbocycles. The van der Waals surface area contributed by atoms with Crippen molar-refractivity contribution in [3.63, 3.8) is 0 Å². The summed E-state index contributed by atoms with van der Waals surface area (Å²) in [5.74, 6) is 0.792. The molecule has 4 nitrogen and oxygen atoms in total. The van der Waals surface area contributed by atoms with E-state index in [9.17, 15) is 0 Å². The fourth-order valence-electron chi connectivity index (χ4n) is 1.75. The van der Waals surface area contributed by atoms with E-state index in [1.807, 2.05) is 18.2 Å². The van der Waals surface area contributed by atoms with Crippen molar-refractivity contribution >= 4 is 28.9 Å². The molecule has 0 aliphatic rings. The molecule has 0 unspecified atom stereocenters. The lowest BCUT2D eigenvalue weighted by Crippen LogP contribution is -1.87. The first-order valence-corrected chi connectivity index (χ1v) is 6.55. The number of benzene rings is 2. The Morgan fingerprint density at radius 1 is 1.00 bits per heavy atom. The van der Waals surface area contributed by atoms with Crippen LogP contribution in [0.5, 0.6) is 0 Å². The molecule has 1 heterocycles. The zero-order chi connectivity index (χ0) is 14.1. The average molecular weight is 306 g/mol. The van der Waals surface area contributed by atoms with Gasteiger partial charge >= 0.3 is 0 Å². The van der Waals surface area contributed by atoms with Crippen LogP contribution in [-0.2, 0) is 0 Å². The average Bonchev–Trinajstić information content (AvgIpc) is 2.92. The fourth-order valence-corrected chi connectivity index (χ4v) is 2.15. The van der Waals surface area contributed by atoms with Crippen LogP contribution in [0.15, 0.2) is 47.0 Å². The summed E-state index contributed by atoms with van der Waals surface area (Å²) in [5, 5.41) is 4.94. The van der Waals surface area contributed by atoms with Gasteiger partial charge in [0.25, 0.3) is 5.89 Å². The smallest absolute Gasteiger partial charge is 0.258 e. The molecule has 0 radical (unpaired) electrons. The van der Waals surface area contributed by atoms with Crippen molar-refractivity contribution in [2.75, 3.05) is 5.73 Å². The lowest BCUT2D eigenvalue weighted by Gasteiger charge is -1.99. The van der Waals surface area contributed by atoms with Crippen LogP contribution in [-0.4, -0.2) is 10.1 Å². The molecule has 20 heavy (non-hydrogen) atoms. The van der Waals surface area contributed by atoms with E-state index in [1.165, 1.54) is 0 Å². The van der Waals surface area contributed by atoms with Gasteiger partial charge in [0.2, 0.25) is 5.82 Å². The molecular formula is C14H9Cl2N3O. The molecule has 0 amide bonds. The highest BCUT2D eigenvalue weighted by molar-refractivity contribution is 6.33. The van der Waals surface area contributed by atoms with E-state index in [-0.39, 0.29) is 0 Å². The molecular weight excluding hydrogens is 297 g/mol. The minimum absolute atomic E-state index is 0.363. The van der Waals surface area contributed by atoms with Crippen molar-refractivity contribution in [1.29, 1.82) is 0 Å². The Bertz CT molecular complexity index is 771. The number of nitrogens with zero attached hydrogens (tertiary/aromatic N) is 2. The summed E-state index contributed by atoms with van der Waals surface area (Å²) in [7, 11) is 0. The van der Waals surface area contributed by atoms with E-state index in [0.717, 1.165) is 0 Å². The minimum Gasteiger partial charge on any atom is -0.398 e. The molecule has 1 aromatic heterocycles. The van der Waals surface area contributed by atoms with Gasteiger partial charge in [0, 0.05) is 11.1 Å². The van der Waals surface area contributed by atoms with Gasteiger partial charge < -0.3 is 10.3 Å². The molecule has 0 aliphatic heterocycles. The maximum absolute atomic E-state index is 6.10.